The maximum atomic E-state index is 16.4. The zero-order valence-electron chi connectivity index (χ0n) is 24.7. The summed E-state index contributed by atoms with van der Waals surface area (Å²) in [6.45, 7) is 7.55. The van der Waals surface area contributed by atoms with Crippen LogP contribution in [0.1, 0.15) is 71.3 Å². The van der Waals surface area contributed by atoms with Crippen molar-refractivity contribution >= 4 is 28.4 Å². The van der Waals surface area contributed by atoms with E-state index in [4.69, 9.17) is 11.6 Å². The maximum Gasteiger partial charge on any atom is 0.274 e. The lowest BCUT2D eigenvalue weighted by molar-refractivity contribution is 0.0264. The molecule has 2 fully saturated rings. The van der Waals surface area contributed by atoms with Gasteiger partial charge in [-0.05, 0) is 99.4 Å². The first-order valence-corrected chi connectivity index (χ1v) is 15.1. The minimum absolute atomic E-state index is 0.00999. The highest BCUT2D eigenvalue weighted by Gasteiger charge is 2.42. The Labute approximate surface area is 257 Å². The predicted molar refractivity (Wildman–Crippen MR) is 166 cm³/mol. The number of pyridine rings is 2. The van der Waals surface area contributed by atoms with Gasteiger partial charge in [-0.25, -0.2) is 8.78 Å². The number of carbonyl (C=O) groups excluding carboxylic acids is 1. The number of likely N-dealkylation sites (tertiary alicyclic amines) is 1. The van der Waals surface area contributed by atoms with Gasteiger partial charge in [0.05, 0.1) is 28.7 Å². The summed E-state index contributed by atoms with van der Waals surface area (Å²) in [7, 11) is 0. The van der Waals surface area contributed by atoms with Crippen molar-refractivity contribution in [3.63, 3.8) is 0 Å². The van der Waals surface area contributed by atoms with Crippen LogP contribution in [0.2, 0.25) is 5.02 Å². The Kier molecular flexibility index (Phi) is 6.69. The number of benzene rings is 2. The Balaban J connectivity index is 1.30. The molecule has 1 aliphatic carbocycles. The van der Waals surface area contributed by atoms with E-state index in [1.807, 2.05) is 33.8 Å². The zero-order valence-corrected chi connectivity index (χ0v) is 25.4. The number of rotatable bonds is 5. The number of nitrogens with zero attached hydrogens (tertiary/aromatic N) is 4. The number of carbonyl (C=O) groups is 1. The van der Waals surface area contributed by atoms with E-state index in [0.717, 1.165) is 24.0 Å². The van der Waals surface area contributed by atoms with Gasteiger partial charge >= 0.3 is 0 Å². The number of aromatic nitrogens is 4. The topological polar surface area (TPSA) is 83.9 Å². The lowest BCUT2D eigenvalue weighted by Gasteiger charge is -2.45. The molecule has 44 heavy (non-hydrogen) atoms. The van der Waals surface area contributed by atoms with Gasteiger partial charge in [0.15, 0.2) is 0 Å². The second kappa shape index (κ2) is 10.4. The summed E-state index contributed by atoms with van der Waals surface area (Å²) in [5.74, 6) is -1.14. The fourth-order valence-corrected chi connectivity index (χ4v) is 7.11. The highest BCUT2D eigenvalue weighted by Crippen LogP contribution is 2.55. The van der Waals surface area contributed by atoms with Crippen molar-refractivity contribution in [1.29, 1.82) is 0 Å². The fourth-order valence-electron chi connectivity index (χ4n) is 6.83. The standard InChI is InChI=1S/C34H30ClF2N5O2/c1-16-14-38-27(25-12-28-26(15-39-40-28)30(32(25)37)33(43)41-17(2)9-18(41)3)13-29(16)42-19(4)10-24(31(35)34(42)44)23-11-22(23)20-5-7-21(36)8-6-20/h5-8,10,12-15,17-18,22-23H,9,11H2,1-4H3,(H,39,40)/t17-,18-,22+,23-/m0/s1. The highest BCUT2D eigenvalue weighted by atomic mass is 35.5. The molecule has 1 saturated carbocycles. The summed E-state index contributed by atoms with van der Waals surface area (Å²) < 4.78 is 31.3. The van der Waals surface area contributed by atoms with E-state index in [0.29, 0.717) is 27.8 Å². The molecule has 2 aliphatic rings. The van der Waals surface area contributed by atoms with Crippen molar-refractivity contribution < 1.29 is 13.6 Å². The van der Waals surface area contributed by atoms with Crippen LogP contribution in [0.4, 0.5) is 8.78 Å². The molecule has 0 radical (unpaired) electrons. The molecule has 0 bridgehead atoms. The minimum Gasteiger partial charge on any atom is -0.333 e. The van der Waals surface area contributed by atoms with E-state index in [1.165, 1.54) is 22.9 Å². The molecule has 7 rings (SSSR count). The van der Waals surface area contributed by atoms with Gasteiger partial charge in [0, 0.05) is 34.9 Å². The number of aryl methyl sites for hydroxylation is 2. The summed E-state index contributed by atoms with van der Waals surface area (Å²) in [6, 6.07) is 11.6. The summed E-state index contributed by atoms with van der Waals surface area (Å²) in [6.07, 6.45) is 4.72. The van der Waals surface area contributed by atoms with Gasteiger partial charge in [-0.2, -0.15) is 5.10 Å². The third-order valence-electron chi connectivity index (χ3n) is 9.20. The second-order valence-corrected chi connectivity index (χ2v) is 12.5. The number of hydrogen-bond donors (Lipinski definition) is 1. The molecule has 10 heteroatoms. The normalized spacial score (nSPS) is 21.0. The summed E-state index contributed by atoms with van der Waals surface area (Å²) >= 11 is 6.73. The smallest absolute Gasteiger partial charge is 0.274 e. The van der Waals surface area contributed by atoms with Crippen LogP contribution in [-0.4, -0.2) is 42.6 Å². The third-order valence-corrected chi connectivity index (χ3v) is 9.58. The average molecular weight is 614 g/mol. The zero-order chi connectivity index (χ0) is 31.0. The minimum atomic E-state index is -0.685. The van der Waals surface area contributed by atoms with Gasteiger partial charge in [-0.1, -0.05) is 23.7 Å². The van der Waals surface area contributed by atoms with Crippen LogP contribution in [0.25, 0.3) is 27.8 Å². The second-order valence-electron chi connectivity index (χ2n) is 12.1. The summed E-state index contributed by atoms with van der Waals surface area (Å²) in [5, 5.41) is 7.47. The van der Waals surface area contributed by atoms with Crippen LogP contribution in [0.5, 0.6) is 0 Å². The molecular formula is C34H30ClF2N5O2. The Hall–Kier alpha value is -4.37. The van der Waals surface area contributed by atoms with E-state index in [9.17, 15) is 14.0 Å². The molecule has 0 spiro atoms. The van der Waals surface area contributed by atoms with Crippen LogP contribution >= 0.6 is 11.6 Å². The van der Waals surface area contributed by atoms with E-state index in [2.05, 4.69) is 15.2 Å². The van der Waals surface area contributed by atoms with Crippen LogP contribution in [0.15, 0.2) is 59.7 Å². The number of halogens is 3. The van der Waals surface area contributed by atoms with Crippen molar-refractivity contribution in [2.24, 2.45) is 0 Å². The fraction of sp³-hybridized carbons (Fsp3) is 0.294. The van der Waals surface area contributed by atoms with Gasteiger partial charge in [0.25, 0.3) is 11.5 Å². The highest BCUT2D eigenvalue weighted by molar-refractivity contribution is 6.31. The Morgan fingerprint density at radius 1 is 1.00 bits per heavy atom. The van der Waals surface area contributed by atoms with Gasteiger partial charge in [0.2, 0.25) is 0 Å². The summed E-state index contributed by atoms with van der Waals surface area (Å²) in [4.78, 5) is 33.6. The largest absolute Gasteiger partial charge is 0.333 e. The van der Waals surface area contributed by atoms with Crippen molar-refractivity contribution in [3.05, 3.63) is 110 Å². The Bertz CT molecular complexity index is 2030. The Morgan fingerprint density at radius 2 is 1.73 bits per heavy atom. The number of aromatic amines is 1. The van der Waals surface area contributed by atoms with Gasteiger partial charge < -0.3 is 4.90 Å². The molecule has 224 valence electrons. The number of hydrogen-bond acceptors (Lipinski definition) is 4. The van der Waals surface area contributed by atoms with Crippen LogP contribution in [-0.2, 0) is 0 Å². The monoisotopic (exact) mass is 613 g/mol. The first-order chi connectivity index (χ1) is 21.0. The maximum absolute atomic E-state index is 16.4. The first kappa shape index (κ1) is 28.4. The molecule has 0 unspecified atom stereocenters. The number of fused-ring (bicyclic) bond motifs is 1. The van der Waals surface area contributed by atoms with Gasteiger partial charge in [-0.15, -0.1) is 0 Å². The molecule has 3 aromatic heterocycles. The molecule has 5 aromatic rings. The van der Waals surface area contributed by atoms with E-state index in [1.54, 1.807) is 35.4 Å². The van der Waals surface area contributed by atoms with Crippen molar-refractivity contribution in [3.8, 4) is 16.9 Å². The van der Waals surface area contributed by atoms with E-state index in [-0.39, 0.29) is 63.0 Å². The quantitative estimate of drug-likeness (QED) is 0.227. The molecule has 1 saturated heterocycles. The number of H-pyrrole nitrogens is 1. The van der Waals surface area contributed by atoms with Crippen molar-refractivity contribution in [2.75, 3.05) is 0 Å². The molecule has 4 heterocycles. The molecule has 1 N–H and O–H groups in total. The van der Waals surface area contributed by atoms with Crippen molar-refractivity contribution in [2.45, 2.75) is 64.5 Å². The molecule has 2 aromatic carbocycles. The SMILES string of the molecule is Cc1cnc(-c2cc3[nH]ncc3c(C(=O)N3[C@@H](C)C[C@@H]3C)c2F)cc1-n1c(C)cc([C@H]2C[C@@H]2c2ccc(F)cc2)c(Cl)c1=O. The molecule has 1 aliphatic heterocycles. The third kappa shape index (κ3) is 4.44. The van der Waals surface area contributed by atoms with E-state index < -0.39 is 5.82 Å². The lowest BCUT2D eigenvalue weighted by atomic mass is 9.92. The van der Waals surface area contributed by atoms with Gasteiger partial charge in [-0.3, -0.25) is 24.2 Å². The summed E-state index contributed by atoms with van der Waals surface area (Å²) in [5.41, 5.74) is 4.12. The number of amides is 1. The first-order valence-electron chi connectivity index (χ1n) is 14.7. The average Bonchev–Trinajstić information content (AvgIpc) is 3.64. The molecule has 4 atom stereocenters. The van der Waals surface area contributed by atoms with Crippen LogP contribution in [0.3, 0.4) is 0 Å². The van der Waals surface area contributed by atoms with Crippen molar-refractivity contribution in [1.82, 2.24) is 24.6 Å². The van der Waals surface area contributed by atoms with Crippen LogP contribution in [0, 0.1) is 25.5 Å². The predicted octanol–water partition coefficient (Wildman–Crippen LogP) is 7.22. The van der Waals surface area contributed by atoms with Crippen LogP contribution < -0.4 is 5.56 Å². The molecular weight excluding hydrogens is 584 g/mol. The van der Waals surface area contributed by atoms with Gasteiger partial charge in [0.1, 0.15) is 16.7 Å². The van der Waals surface area contributed by atoms with E-state index >= 15 is 4.39 Å². The Morgan fingerprint density at radius 3 is 2.43 bits per heavy atom. The molecule has 1 amide bonds. The lowest BCUT2D eigenvalue weighted by Crippen LogP contribution is -2.55. The number of nitrogens with one attached hydrogen (secondary N) is 1. The molecule has 7 nitrogen and oxygen atoms in total.